The number of aromatic nitrogens is 4. The first-order chi connectivity index (χ1) is 17.8. The Morgan fingerprint density at radius 2 is 1.68 bits per heavy atom. The van der Waals surface area contributed by atoms with E-state index in [1.807, 2.05) is 31.1 Å². The third kappa shape index (κ3) is 5.34. The van der Waals surface area contributed by atoms with Crippen molar-refractivity contribution < 1.29 is 13.5 Å². The molecule has 0 N–H and O–H groups in total. The van der Waals surface area contributed by atoms with Crippen molar-refractivity contribution in [2.45, 2.75) is 45.2 Å². The summed E-state index contributed by atoms with van der Waals surface area (Å²) < 4.78 is 35.3. The highest BCUT2D eigenvalue weighted by atomic mass is 19.1. The third-order valence-electron chi connectivity index (χ3n) is 7.17. The van der Waals surface area contributed by atoms with Gasteiger partial charge in [0.05, 0.1) is 42.9 Å². The molecule has 1 aromatic carbocycles. The second-order valence-electron chi connectivity index (χ2n) is 10.1. The summed E-state index contributed by atoms with van der Waals surface area (Å²) in [4.78, 5) is 24.2. The molecule has 2 aliphatic heterocycles. The minimum atomic E-state index is -0.617. The van der Waals surface area contributed by atoms with Crippen LogP contribution < -0.4 is 14.5 Å². The largest absolute Gasteiger partial charge is 0.486 e. The van der Waals surface area contributed by atoms with Gasteiger partial charge in [-0.3, -0.25) is 0 Å². The van der Waals surface area contributed by atoms with Gasteiger partial charge in [0, 0.05) is 30.7 Å². The van der Waals surface area contributed by atoms with Crippen LogP contribution in [0, 0.1) is 11.6 Å². The van der Waals surface area contributed by atoms with E-state index in [-0.39, 0.29) is 23.9 Å². The second-order valence-corrected chi connectivity index (χ2v) is 10.1. The number of fused-ring (bicyclic) bond motifs is 1. The fourth-order valence-electron chi connectivity index (χ4n) is 5.05. The Morgan fingerprint density at radius 3 is 2.35 bits per heavy atom. The minimum Gasteiger partial charge on any atom is -0.486 e. The summed E-state index contributed by atoms with van der Waals surface area (Å²) in [6.07, 6.45) is 7.21. The number of ether oxygens (including phenoxy) is 1. The van der Waals surface area contributed by atoms with Crippen molar-refractivity contribution in [3.05, 3.63) is 54.0 Å². The molecule has 4 heterocycles. The van der Waals surface area contributed by atoms with Gasteiger partial charge in [-0.05, 0) is 52.9 Å². The summed E-state index contributed by atoms with van der Waals surface area (Å²) in [6, 6.07) is 3.74. The lowest BCUT2D eigenvalue weighted by atomic mass is 10.0. The van der Waals surface area contributed by atoms with E-state index in [2.05, 4.69) is 43.8 Å². The highest BCUT2D eigenvalue weighted by molar-refractivity contribution is 5.72. The Bertz CT molecular complexity index is 1240. The molecule has 5 rings (SSSR count). The fraction of sp³-hybridized carbons (Fsp3) is 0.481. The predicted octanol–water partition coefficient (Wildman–Crippen LogP) is 3.94. The van der Waals surface area contributed by atoms with Crippen molar-refractivity contribution in [3.63, 3.8) is 0 Å². The molecule has 2 aliphatic rings. The minimum absolute atomic E-state index is 0.0429. The maximum atomic E-state index is 14.9. The summed E-state index contributed by atoms with van der Waals surface area (Å²) in [5.41, 5.74) is 1.97. The first-order valence-corrected chi connectivity index (χ1v) is 12.8. The normalized spacial score (nSPS) is 16.3. The van der Waals surface area contributed by atoms with E-state index in [0.717, 1.165) is 37.8 Å². The zero-order chi connectivity index (χ0) is 26.1. The van der Waals surface area contributed by atoms with Crippen LogP contribution in [-0.2, 0) is 6.42 Å². The first-order valence-electron chi connectivity index (χ1n) is 12.8. The van der Waals surface area contributed by atoms with Gasteiger partial charge in [0.15, 0.2) is 17.4 Å². The molecule has 196 valence electrons. The van der Waals surface area contributed by atoms with Crippen LogP contribution >= 0.6 is 0 Å². The van der Waals surface area contributed by atoms with Gasteiger partial charge in [-0.25, -0.2) is 28.7 Å². The van der Waals surface area contributed by atoms with Gasteiger partial charge < -0.3 is 19.4 Å². The highest BCUT2D eigenvalue weighted by Gasteiger charge is 2.26. The maximum Gasteiger partial charge on any atom is 0.178 e. The molecular formula is C27H33F2N7O. The van der Waals surface area contributed by atoms with Gasteiger partial charge in [0.2, 0.25) is 0 Å². The van der Waals surface area contributed by atoms with E-state index in [9.17, 15) is 8.78 Å². The molecule has 0 radical (unpaired) electrons. The van der Waals surface area contributed by atoms with Crippen molar-refractivity contribution in [2.75, 3.05) is 50.1 Å². The van der Waals surface area contributed by atoms with Crippen LogP contribution in [0.4, 0.5) is 20.2 Å². The van der Waals surface area contributed by atoms with Crippen molar-refractivity contribution in [3.8, 4) is 17.0 Å². The monoisotopic (exact) mass is 509 g/mol. The number of anilines is 2. The lowest BCUT2D eigenvalue weighted by Crippen LogP contribution is -2.42. The quantitative estimate of drug-likeness (QED) is 0.495. The number of halogens is 2. The van der Waals surface area contributed by atoms with Gasteiger partial charge in [-0.1, -0.05) is 0 Å². The molecule has 1 saturated heterocycles. The average molecular weight is 510 g/mol. The second kappa shape index (κ2) is 10.5. The summed E-state index contributed by atoms with van der Waals surface area (Å²) in [5, 5.41) is 0. The van der Waals surface area contributed by atoms with Crippen LogP contribution in [0.5, 0.6) is 5.75 Å². The SMILES string of the molecule is CC(C)N1CCOc2c(F)cc(-c3nc(Cc4ncc(N5CCC(N(C)C)CC5)cn4)ncc3F)cc21. The van der Waals surface area contributed by atoms with E-state index in [1.165, 1.54) is 6.07 Å². The van der Waals surface area contributed by atoms with Crippen molar-refractivity contribution in [2.24, 2.45) is 0 Å². The molecule has 0 atom stereocenters. The van der Waals surface area contributed by atoms with Crippen molar-refractivity contribution >= 4 is 11.4 Å². The lowest BCUT2D eigenvalue weighted by molar-refractivity contribution is 0.249. The number of benzene rings is 1. The van der Waals surface area contributed by atoms with Crippen LogP contribution in [0.2, 0.25) is 0 Å². The van der Waals surface area contributed by atoms with E-state index in [1.54, 1.807) is 6.07 Å². The van der Waals surface area contributed by atoms with E-state index in [0.29, 0.717) is 42.1 Å². The molecular weight excluding hydrogens is 476 g/mol. The van der Waals surface area contributed by atoms with E-state index < -0.39 is 11.6 Å². The molecule has 0 amide bonds. The zero-order valence-electron chi connectivity index (χ0n) is 21.8. The number of rotatable bonds is 6. The van der Waals surface area contributed by atoms with Gasteiger partial charge in [-0.2, -0.15) is 0 Å². The summed E-state index contributed by atoms with van der Waals surface area (Å²) in [7, 11) is 4.25. The van der Waals surface area contributed by atoms with Gasteiger partial charge in [-0.15, -0.1) is 0 Å². The molecule has 2 aromatic heterocycles. The van der Waals surface area contributed by atoms with E-state index in [4.69, 9.17) is 4.74 Å². The van der Waals surface area contributed by atoms with Crippen LogP contribution in [0.15, 0.2) is 30.7 Å². The Labute approximate surface area is 216 Å². The standard InChI is InChI=1S/C27H33F2N7O/c1-17(2)36-9-10-37-27-21(28)11-18(12-23(27)36)26-22(29)16-32-25(33-26)13-24-30-14-20(15-31-24)35-7-5-19(6-8-35)34(3)4/h11-12,14-17,19H,5-10,13H2,1-4H3. The molecule has 0 aliphatic carbocycles. The molecule has 37 heavy (non-hydrogen) atoms. The number of hydrogen-bond acceptors (Lipinski definition) is 8. The van der Waals surface area contributed by atoms with Crippen LogP contribution in [0.3, 0.4) is 0 Å². The molecule has 8 nitrogen and oxygen atoms in total. The Balaban J connectivity index is 1.35. The topological polar surface area (TPSA) is 70.5 Å². The van der Waals surface area contributed by atoms with Crippen LogP contribution in [-0.4, -0.2) is 77.3 Å². The molecule has 1 fully saturated rings. The summed E-state index contributed by atoms with van der Waals surface area (Å²) in [6.45, 7) is 7.02. The van der Waals surface area contributed by atoms with E-state index >= 15 is 0 Å². The smallest absolute Gasteiger partial charge is 0.178 e. The van der Waals surface area contributed by atoms with Crippen LogP contribution in [0.1, 0.15) is 38.3 Å². The molecule has 0 spiro atoms. The maximum absolute atomic E-state index is 14.9. The molecule has 0 saturated carbocycles. The predicted molar refractivity (Wildman–Crippen MR) is 139 cm³/mol. The third-order valence-corrected chi connectivity index (χ3v) is 7.17. The Morgan fingerprint density at radius 1 is 0.973 bits per heavy atom. The van der Waals surface area contributed by atoms with Crippen molar-refractivity contribution in [1.82, 2.24) is 24.8 Å². The Kier molecular flexibility index (Phi) is 7.19. The highest BCUT2D eigenvalue weighted by Crippen LogP contribution is 2.39. The zero-order valence-corrected chi connectivity index (χ0v) is 21.8. The van der Waals surface area contributed by atoms with Gasteiger partial charge in [0.25, 0.3) is 0 Å². The van der Waals surface area contributed by atoms with Crippen LogP contribution in [0.25, 0.3) is 11.3 Å². The molecule has 0 bridgehead atoms. The molecule has 0 unspecified atom stereocenters. The molecule has 3 aromatic rings. The number of piperidine rings is 1. The lowest BCUT2D eigenvalue weighted by Gasteiger charge is -2.36. The van der Waals surface area contributed by atoms with Crippen molar-refractivity contribution in [1.29, 1.82) is 0 Å². The first kappa shape index (κ1) is 25.3. The summed E-state index contributed by atoms with van der Waals surface area (Å²) in [5.74, 6) is -0.0522. The molecule has 10 heteroatoms. The fourth-order valence-corrected chi connectivity index (χ4v) is 5.05. The Hall–Kier alpha value is -3.40. The number of nitrogens with zero attached hydrogens (tertiary/aromatic N) is 7. The van der Waals surface area contributed by atoms with Gasteiger partial charge in [0.1, 0.15) is 23.9 Å². The summed E-state index contributed by atoms with van der Waals surface area (Å²) >= 11 is 0. The average Bonchev–Trinajstić information content (AvgIpc) is 2.90. The number of hydrogen-bond donors (Lipinski definition) is 0. The van der Waals surface area contributed by atoms with Gasteiger partial charge >= 0.3 is 0 Å².